The van der Waals surface area contributed by atoms with Gasteiger partial charge >= 0.3 is 11.8 Å². The van der Waals surface area contributed by atoms with Gasteiger partial charge in [-0.15, -0.1) is 0 Å². The maximum absolute atomic E-state index is 12.5. The van der Waals surface area contributed by atoms with Gasteiger partial charge in [-0.05, 0) is 42.0 Å². The molecule has 30 heavy (non-hydrogen) atoms. The number of hydrogen-bond donors (Lipinski definition) is 3. The van der Waals surface area contributed by atoms with Gasteiger partial charge in [0.1, 0.15) is 0 Å². The standard InChI is InChI=1S/C22H17ClN4O3/c23-16-12-10-15(11-13-16)14-24-27-22(30)21(29)26-19-9-5-4-8-18(19)20(28)25-17-6-2-1-3-7-17/h1-14H,(H,25,28)(H,26,29)(H,27,30)/b24-14+. The molecular weight excluding hydrogens is 404 g/mol. The van der Waals surface area contributed by atoms with Crippen molar-refractivity contribution in [1.82, 2.24) is 5.43 Å². The van der Waals surface area contributed by atoms with Crippen molar-refractivity contribution in [2.45, 2.75) is 0 Å². The van der Waals surface area contributed by atoms with Crippen molar-refractivity contribution in [3.05, 3.63) is 95.0 Å². The van der Waals surface area contributed by atoms with Gasteiger partial charge in [0.25, 0.3) is 5.91 Å². The van der Waals surface area contributed by atoms with E-state index in [0.717, 1.165) is 0 Å². The predicted octanol–water partition coefficient (Wildman–Crippen LogP) is 3.68. The fourth-order valence-electron chi connectivity index (χ4n) is 2.45. The highest BCUT2D eigenvalue weighted by atomic mass is 35.5. The fraction of sp³-hybridized carbons (Fsp3) is 0. The normalized spacial score (nSPS) is 10.4. The molecule has 3 N–H and O–H groups in total. The van der Waals surface area contributed by atoms with Gasteiger partial charge in [-0.2, -0.15) is 5.10 Å². The van der Waals surface area contributed by atoms with Crippen LogP contribution in [0, 0.1) is 0 Å². The highest BCUT2D eigenvalue weighted by Gasteiger charge is 2.17. The minimum Gasteiger partial charge on any atom is -0.322 e. The topological polar surface area (TPSA) is 99.7 Å². The van der Waals surface area contributed by atoms with Gasteiger partial charge in [-0.1, -0.05) is 54.1 Å². The average Bonchev–Trinajstić information content (AvgIpc) is 2.76. The van der Waals surface area contributed by atoms with Gasteiger partial charge in [0, 0.05) is 10.7 Å². The van der Waals surface area contributed by atoms with Crippen LogP contribution in [0.3, 0.4) is 0 Å². The summed E-state index contributed by atoms with van der Waals surface area (Å²) in [6.07, 6.45) is 1.38. The quantitative estimate of drug-likeness (QED) is 0.333. The summed E-state index contributed by atoms with van der Waals surface area (Å²) in [4.78, 5) is 36.7. The molecule has 0 aliphatic heterocycles. The fourth-order valence-corrected chi connectivity index (χ4v) is 2.58. The molecule has 150 valence electrons. The zero-order valence-corrected chi connectivity index (χ0v) is 16.4. The van der Waals surface area contributed by atoms with Crippen molar-refractivity contribution < 1.29 is 14.4 Å². The second-order valence-corrected chi connectivity index (χ2v) is 6.51. The number of para-hydroxylation sites is 2. The lowest BCUT2D eigenvalue weighted by molar-refractivity contribution is -0.136. The van der Waals surface area contributed by atoms with Gasteiger partial charge in [0.15, 0.2) is 0 Å². The third-order valence-corrected chi connectivity index (χ3v) is 4.16. The third-order valence-electron chi connectivity index (χ3n) is 3.91. The van der Waals surface area contributed by atoms with Crippen LogP contribution in [0.25, 0.3) is 0 Å². The molecule has 0 aliphatic rings. The smallest absolute Gasteiger partial charge is 0.322 e. The van der Waals surface area contributed by atoms with Gasteiger partial charge < -0.3 is 10.6 Å². The molecular formula is C22H17ClN4O3. The van der Waals surface area contributed by atoms with E-state index in [1.165, 1.54) is 12.3 Å². The summed E-state index contributed by atoms with van der Waals surface area (Å²) >= 11 is 5.80. The number of benzene rings is 3. The first-order chi connectivity index (χ1) is 14.5. The summed E-state index contributed by atoms with van der Waals surface area (Å²) in [5.41, 5.74) is 3.86. The van der Waals surface area contributed by atoms with Crippen LogP contribution in [0.4, 0.5) is 11.4 Å². The van der Waals surface area contributed by atoms with Crippen molar-refractivity contribution in [2.24, 2.45) is 5.10 Å². The Morgan fingerprint density at radius 3 is 2.17 bits per heavy atom. The van der Waals surface area contributed by atoms with E-state index in [-0.39, 0.29) is 11.3 Å². The maximum atomic E-state index is 12.5. The van der Waals surface area contributed by atoms with Crippen LogP contribution >= 0.6 is 11.6 Å². The minimum atomic E-state index is -0.974. The van der Waals surface area contributed by atoms with Crippen LogP contribution in [0.5, 0.6) is 0 Å². The van der Waals surface area contributed by atoms with E-state index < -0.39 is 17.7 Å². The first kappa shape index (κ1) is 20.8. The van der Waals surface area contributed by atoms with Crippen LogP contribution in [-0.4, -0.2) is 23.9 Å². The summed E-state index contributed by atoms with van der Waals surface area (Å²) in [6.45, 7) is 0. The van der Waals surface area contributed by atoms with Crippen LogP contribution in [0.15, 0.2) is 84.0 Å². The number of nitrogens with zero attached hydrogens (tertiary/aromatic N) is 1. The second-order valence-electron chi connectivity index (χ2n) is 6.07. The van der Waals surface area contributed by atoms with Crippen molar-refractivity contribution in [3.63, 3.8) is 0 Å². The van der Waals surface area contributed by atoms with Crippen molar-refractivity contribution >= 4 is 46.9 Å². The molecule has 0 bridgehead atoms. The number of hydrazone groups is 1. The molecule has 0 heterocycles. The first-order valence-corrected chi connectivity index (χ1v) is 9.26. The Labute approximate surface area is 177 Å². The number of rotatable bonds is 5. The number of anilines is 2. The Bertz CT molecular complexity index is 1080. The van der Waals surface area contributed by atoms with E-state index >= 15 is 0 Å². The molecule has 7 nitrogen and oxygen atoms in total. The number of carbonyl (C=O) groups is 3. The van der Waals surface area contributed by atoms with Crippen molar-refractivity contribution in [3.8, 4) is 0 Å². The van der Waals surface area contributed by atoms with E-state index in [1.54, 1.807) is 66.7 Å². The van der Waals surface area contributed by atoms with E-state index in [0.29, 0.717) is 16.3 Å². The number of nitrogens with one attached hydrogen (secondary N) is 3. The van der Waals surface area contributed by atoms with Crippen LogP contribution < -0.4 is 16.1 Å². The summed E-state index contributed by atoms with van der Waals surface area (Å²) in [7, 11) is 0. The molecule has 8 heteroatoms. The largest absolute Gasteiger partial charge is 0.329 e. The van der Waals surface area contributed by atoms with Gasteiger partial charge in [0.05, 0.1) is 17.5 Å². The lowest BCUT2D eigenvalue weighted by Crippen LogP contribution is -2.33. The lowest BCUT2D eigenvalue weighted by Gasteiger charge is -2.11. The zero-order valence-electron chi connectivity index (χ0n) is 15.6. The number of amides is 3. The van der Waals surface area contributed by atoms with Crippen LogP contribution in [-0.2, 0) is 9.59 Å². The summed E-state index contributed by atoms with van der Waals surface area (Å²) < 4.78 is 0. The molecule has 0 unspecified atom stereocenters. The second kappa shape index (κ2) is 9.99. The highest BCUT2D eigenvalue weighted by molar-refractivity contribution is 6.40. The molecule has 3 amide bonds. The van der Waals surface area contributed by atoms with Crippen molar-refractivity contribution in [1.29, 1.82) is 0 Å². The Morgan fingerprint density at radius 2 is 1.43 bits per heavy atom. The average molecular weight is 421 g/mol. The van der Waals surface area contributed by atoms with Crippen LogP contribution in [0.2, 0.25) is 5.02 Å². The van der Waals surface area contributed by atoms with E-state index in [2.05, 4.69) is 21.2 Å². The number of halogens is 1. The van der Waals surface area contributed by atoms with Gasteiger partial charge in [0.2, 0.25) is 0 Å². The molecule has 0 saturated carbocycles. The molecule has 0 radical (unpaired) electrons. The molecule has 3 aromatic carbocycles. The van der Waals surface area contributed by atoms with Gasteiger partial charge in [-0.3, -0.25) is 14.4 Å². The molecule has 0 spiro atoms. The maximum Gasteiger partial charge on any atom is 0.329 e. The van der Waals surface area contributed by atoms with E-state index in [9.17, 15) is 14.4 Å². The monoisotopic (exact) mass is 420 g/mol. The molecule has 3 rings (SSSR count). The Balaban J connectivity index is 1.62. The summed E-state index contributed by atoms with van der Waals surface area (Å²) in [5, 5.41) is 9.48. The van der Waals surface area contributed by atoms with E-state index in [4.69, 9.17) is 11.6 Å². The predicted molar refractivity (Wildman–Crippen MR) is 117 cm³/mol. The summed E-state index contributed by atoms with van der Waals surface area (Å²) in [6, 6.07) is 22.0. The lowest BCUT2D eigenvalue weighted by atomic mass is 10.1. The third kappa shape index (κ3) is 5.76. The molecule has 3 aromatic rings. The molecule has 0 saturated heterocycles. The van der Waals surface area contributed by atoms with Gasteiger partial charge in [-0.25, -0.2) is 5.43 Å². The Morgan fingerprint density at radius 1 is 0.767 bits per heavy atom. The zero-order chi connectivity index (χ0) is 21.3. The molecule has 0 atom stereocenters. The molecule has 0 aliphatic carbocycles. The minimum absolute atomic E-state index is 0.202. The van der Waals surface area contributed by atoms with Crippen LogP contribution in [0.1, 0.15) is 15.9 Å². The Kier molecular flexibility index (Phi) is 6.91. The summed E-state index contributed by atoms with van der Waals surface area (Å²) in [5.74, 6) is -2.35. The van der Waals surface area contributed by atoms with E-state index in [1.807, 2.05) is 6.07 Å². The number of hydrogen-bond acceptors (Lipinski definition) is 4. The number of carbonyl (C=O) groups excluding carboxylic acids is 3. The molecule has 0 aromatic heterocycles. The molecule has 0 fully saturated rings. The first-order valence-electron chi connectivity index (χ1n) is 8.88. The Hall–Kier alpha value is -3.97. The highest BCUT2D eigenvalue weighted by Crippen LogP contribution is 2.17. The van der Waals surface area contributed by atoms with Crippen molar-refractivity contribution in [2.75, 3.05) is 10.6 Å². The SMILES string of the molecule is O=C(N/N=C/c1ccc(Cl)cc1)C(=O)Nc1ccccc1C(=O)Nc1ccccc1.